The molecule has 5 heteroatoms. The van der Waals surface area contributed by atoms with Crippen LogP contribution in [-0.2, 0) is 11.2 Å². The normalized spacial score (nSPS) is 17.9. The van der Waals surface area contributed by atoms with E-state index < -0.39 is 0 Å². The van der Waals surface area contributed by atoms with Gasteiger partial charge in [-0.3, -0.25) is 4.79 Å². The maximum Gasteiger partial charge on any atom is 0.223 e. The van der Waals surface area contributed by atoms with Crippen LogP contribution in [0.15, 0.2) is 34.9 Å². The van der Waals surface area contributed by atoms with Crippen LogP contribution >= 0.6 is 0 Å². The summed E-state index contributed by atoms with van der Waals surface area (Å²) in [5, 5.41) is 0. The van der Waals surface area contributed by atoms with Crippen LogP contribution in [0, 0.1) is 6.92 Å². The summed E-state index contributed by atoms with van der Waals surface area (Å²) in [6.45, 7) is 3.42. The van der Waals surface area contributed by atoms with Crippen molar-refractivity contribution in [2.75, 3.05) is 13.1 Å². The number of benzene rings is 1. The Morgan fingerprint density at radius 2 is 2.12 bits per heavy atom. The van der Waals surface area contributed by atoms with Crippen molar-refractivity contribution in [3.05, 3.63) is 41.9 Å². The average molecular weight is 327 g/mol. The summed E-state index contributed by atoms with van der Waals surface area (Å²) >= 11 is 0. The Bertz CT molecular complexity index is 678. The summed E-state index contributed by atoms with van der Waals surface area (Å²) in [6, 6.07) is 8.32. The Labute approximate surface area is 142 Å². The van der Waals surface area contributed by atoms with Gasteiger partial charge < -0.3 is 15.1 Å². The lowest BCUT2D eigenvalue weighted by atomic mass is 10.0. The van der Waals surface area contributed by atoms with Crippen molar-refractivity contribution in [1.82, 2.24) is 9.88 Å². The Hall–Kier alpha value is -2.14. The molecule has 2 aromatic rings. The third-order valence-electron chi connectivity index (χ3n) is 4.66. The summed E-state index contributed by atoms with van der Waals surface area (Å²) < 4.78 is 5.79. The molecule has 1 atom stereocenters. The highest BCUT2D eigenvalue weighted by atomic mass is 16.4. The van der Waals surface area contributed by atoms with E-state index in [2.05, 4.69) is 11.9 Å². The zero-order valence-corrected chi connectivity index (χ0v) is 14.2. The first-order valence-corrected chi connectivity index (χ1v) is 8.68. The van der Waals surface area contributed by atoms with Gasteiger partial charge in [-0.25, -0.2) is 4.98 Å². The number of hydrogen-bond acceptors (Lipinski definition) is 4. The molecular formula is C19H25N3O2. The number of carbonyl (C=O) groups is 1. The van der Waals surface area contributed by atoms with Gasteiger partial charge in [0.25, 0.3) is 0 Å². The fourth-order valence-electron chi connectivity index (χ4n) is 3.21. The summed E-state index contributed by atoms with van der Waals surface area (Å²) in [6.07, 6.45) is 5.92. The first-order chi connectivity index (χ1) is 11.7. The Morgan fingerprint density at radius 1 is 1.33 bits per heavy atom. The fourth-order valence-corrected chi connectivity index (χ4v) is 3.21. The SMILES string of the molecule is Cc1ccc(-c2cnc(CCC(=O)N3CCCCC3CN)o2)cc1. The van der Waals surface area contributed by atoms with Crippen LogP contribution < -0.4 is 5.73 Å². The molecule has 1 saturated heterocycles. The van der Waals surface area contributed by atoms with E-state index >= 15 is 0 Å². The lowest BCUT2D eigenvalue weighted by Crippen LogP contribution is -2.47. The topological polar surface area (TPSA) is 72.4 Å². The molecule has 24 heavy (non-hydrogen) atoms. The van der Waals surface area contributed by atoms with Crippen LogP contribution in [0.2, 0.25) is 0 Å². The quantitative estimate of drug-likeness (QED) is 0.916. The maximum atomic E-state index is 12.5. The van der Waals surface area contributed by atoms with Crippen molar-refractivity contribution >= 4 is 5.91 Å². The van der Waals surface area contributed by atoms with Gasteiger partial charge in [0.15, 0.2) is 11.7 Å². The molecule has 0 saturated carbocycles. The molecule has 0 bridgehead atoms. The van der Waals surface area contributed by atoms with Crippen LogP contribution in [0.3, 0.4) is 0 Å². The molecule has 1 unspecified atom stereocenters. The second-order valence-corrected chi connectivity index (χ2v) is 6.46. The van der Waals surface area contributed by atoms with Crippen molar-refractivity contribution in [2.45, 2.75) is 45.1 Å². The van der Waals surface area contributed by atoms with E-state index in [0.29, 0.717) is 25.3 Å². The van der Waals surface area contributed by atoms with E-state index in [1.54, 1.807) is 6.20 Å². The zero-order chi connectivity index (χ0) is 16.9. The number of aryl methyl sites for hydroxylation is 2. The predicted molar refractivity (Wildman–Crippen MR) is 93.4 cm³/mol. The molecule has 0 radical (unpaired) electrons. The van der Waals surface area contributed by atoms with E-state index in [-0.39, 0.29) is 11.9 Å². The van der Waals surface area contributed by atoms with Gasteiger partial charge in [0.2, 0.25) is 5.91 Å². The number of nitrogens with zero attached hydrogens (tertiary/aromatic N) is 2. The largest absolute Gasteiger partial charge is 0.441 e. The van der Waals surface area contributed by atoms with Gasteiger partial charge in [0.1, 0.15) is 0 Å². The molecule has 0 spiro atoms. The Balaban J connectivity index is 1.59. The molecule has 0 aliphatic carbocycles. The number of aromatic nitrogens is 1. The van der Waals surface area contributed by atoms with Crippen LogP contribution in [0.25, 0.3) is 11.3 Å². The number of oxazole rings is 1. The van der Waals surface area contributed by atoms with E-state index in [1.165, 1.54) is 5.56 Å². The molecule has 1 aromatic carbocycles. The van der Waals surface area contributed by atoms with Crippen molar-refractivity contribution in [3.63, 3.8) is 0 Å². The average Bonchev–Trinajstić information content (AvgIpc) is 3.09. The van der Waals surface area contributed by atoms with E-state index in [4.69, 9.17) is 10.2 Å². The second-order valence-electron chi connectivity index (χ2n) is 6.46. The molecule has 1 amide bonds. The minimum atomic E-state index is 0.153. The summed E-state index contributed by atoms with van der Waals surface area (Å²) in [5.41, 5.74) is 8.01. The van der Waals surface area contributed by atoms with Crippen molar-refractivity contribution < 1.29 is 9.21 Å². The molecule has 3 rings (SSSR count). The van der Waals surface area contributed by atoms with Crippen LogP contribution in [0.5, 0.6) is 0 Å². The number of amides is 1. The highest BCUT2D eigenvalue weighted by molar-refractivity contribution is 5.76. The number of rotatable bonds is 5. The number of carbonyl (C=O) groups excluding carboxylic acids is 1. The summed E-state index contributed by atoms with van der Waals surface area (Å²) in [5.74, 6) is 1.51. The van der Waals surface area contributed by atoms with Gasteiger partial charge in [0.05, 0.1) is 6.20 Å². The van der Waals surface area contributed by atoms with E-state index in [9.17, 15) is 4.79 Å². The van der Waals surface area contributed by atoms with Crippen LogP contribution in [-0.4, -0.2) is 34.9 Å². The predicted octanol–water partition coefficient (Wildman–Crippen LogP) is 2.92. The molecule has 2 heterocycles. The van der Waals surface area contributed by atoms with Gasteiger partial charge in [-0.1, -0.05) is 29.8 Å². The van der Waals surface area contributed by atoms with Crippen LogP contribution in [0.1, 0.15) is 37.1 Å². The first kappa shape index (κ1) is 16.7. The molecule has 128 valence electrons. The molecule has 1 fully saturated rings. The van der Waals surface area contributed by atoms with Gasteiger partial charge in [-0.05, 0) is 26.2 Å². The zero-order valence-electron chi connectivity index (χ0n) is 14.2. The monoisotopic (exact) mass is 327 g/mol. The van der Waals surface area contributed by atoms with Gasteiger partial charge >= 0.3 is 0 Å². The van der Waals surface area contributed by atoms with Crippen molar-refractivity contribution in [3.8, 4) is 11.3 Å². The Kier molecular flexibility index (Phi) is 5.30. The molecular weight excluding hydrogens is 302 g/mol. The standard InChI is InChI=1S/C19H25N3O2/c1-14-5-7-15(8-6-14)17-13-21-18(24-17)9-10-19(23)22-11-3-2-4-16(22)12-20/h5-8,13,16H,2-4,9-12,20H2,1H3. The minimum absolute atomic E-state index is 0.153. The van der Waals surface area contributed by atoms with E-state index in [1.807, 2.05) is 29.2 Å². The lowest BCUT2D eigenvalue weighted by Gasteiger charge is -2.35. The van der Waals surface area contributed by atoms with Gasteiger partial charge in [-0.15, -0.1) is 0 Å². The van der Waals surface area contributed by atoms with Gasteiger partial charge in [-0.2, -0.15) is 0 Å². The smallest absolute Gasteiger partial charge is 0.223 e. The number of piperidine rings is 1. The summed E-state index contributed by atoms with van der Waals surface area (Å²) in [4.78, 5) is 18.7. The van der Waals surface area contributed by atoms with Crippen molar-refractivity contribution in [2.24, 2.45) is 5.73 Å². The second kappa shape index (κ2) is 7.62. The fraction of sp³-hybridized carbons (Fsp3) is 0.474. The number of nitrogens with two attached hydrogens (primary N) is 1. The van der Waals surface area contributed by atoms with E-state index in [0.717, 1.165) is 37.1 Å². The third kappa shape index (κ3) is 3.85. The lowest BCUT2D eigenvalue weighted by molar-refractivity contribution is -0.134. The van der Waals surface area contributed by atoms with Crippen LogP contribution in [0.4, 0.5) is 0 Å². The molecule has 1 aromatic heterocycles. The van der Waals surface area contributed by atoms with Gasteiger partial charge in [0, 0.05) is 37.5 Å². The summed E-state index contributed by atoms with van der Waals surface area (Å²) in [7, 11) is 0. The molecule has 1 aliphatic heterocycles. The number of hydrogen-bond donors (Lipinski definition) is 1. The molecule has 5 nitrogen and oxygen atoms in total. The third-order valence-corrected chi connectivity index (χ3v) is 4.66. The maximum absolute atomic E-state index is 12.5. The Morgan fingerprint density at radius 3 is 2.88 bits per heavy atom. The first-order valence-electron chi connectivity index (χ1n) is 8.68. The highest BCUT2D eigenvalue weighted by Crippen LogP contribution is 2.22. The highest BCUT2D eigenvalue weighted by Gasteiger charge is 2.25. The minimum Gasteiger partial charge on any atom is -0.441 e. The number of likely N-dealkylation sites (tertiary alicyclic amines) is 1. The molecule has 2 N–H and O–H groups in total. The molecule has 1 aliphatic rings. The van der Waals surface area contributed by atoms with Crippen molar-refractivity contribution in [1.29, 1.82) is 0 Å².